The summed E-state index contributed by atoms with van der Waals surface area (Å²) in [6.07, 6.45) is 2.74. The van der Waals surface area contributed by atoms with Crippen LogP contribution in [0.5, 0.6) is 0 Å². The minimum Gasteiger partial charge on any atom is -0.263 e. The zero-order valence-electron chi connectivity index (χ0n) is 5.36. The number of aromatic nitrogens is 1. The van der Waals surface area contributed by atoms with Gasteiger partial charge in [-0.25, -0.2) is 13.6 Å². The first kappa shape index (κ1) is 8.63. The van der Waals surface area contributed by atoms with Crippen LogP contribution in [0.3, 0.4) is 0 Å². The number of hydrogen-bond acceptors (Lipinski definition) is 3. The van der Waals surface area contributed by atoms with Crippen LogP contribution in [0.1, 0.15) is 0 Å². The predicted octanol–water partition coefficient (Wildman–Crippen LogP) is 0.492. The first-order valence-electron chi connectivity index (χ1n) is 2.64. The largest absolute Gasteiger partial charge is 0.263 e. The summed E-state index contributed by atoms with van der Waals surface area (Å²) >= 11 is 3.01. The summed E-state index contributed by atoms with van der Waals surface area (Å²) in [4.78, 5) is 3.74. The van der Waals surface area contributed by atoms with E-state index in [2.05, 4.69) is 20.9 Å². The van der Waals surface area contributed by atoms with Crippen molar-refractivity contribution in [2.75, 3.05) is 0 Å². The van der Waals surface area contributed by atoms with Gasteiger partial charge in [-0.15, -0.1) is 0 Å². The van der Waals surface area contributed by atoms with Gasteiger partial charge in [0.25, 0.3) is 0 Å². The normalized spacial score (nSPS) is 11.5. The standard InChI is InChI=1S/C5H5BrN2O2S/c6-4-3-8-2-1-5(4)11(7,9)10/h1-3H,(H2,7,9,10). The molecule has 60 valence electrons. The van der Waals surface area contributed by atoms with Crippen molar-refractivity contribution >= 4 is 26.0 Å². The zero-order chi connectivity index (χ0) is 8.48. The Bertz CT molecular complexity index is 363. The van der Waals surface area contributed by atoms with Gasteiger partial charge in [-0.05, 0) is 22.0 Å². The minimum atomic E-state index is -3.62. The van der Waals surface area contributed by atoms with Gasteiger partial charge in [-0.2, -0.15) is 0 Å². The van der Waals surface area contributed by atoms with Gasteiger partial charge in [0.05, 0.1) is 9.37 Å². The van der Waals surface area contributed by atoms with Crippen LogP contribution in [-0.4, -0.2) is 13.4 Å². The molecule has 0 amide bonds. The van der Waals surface area contributed by atoms with Crippen LogP contribution < -0.4 is 5.14 Å². The second-order valence-electron chi connectivity index (χ2n) is 1.85. The van der Waals surface area contributed by atoms with E-state index in [0.717, 1.165) is 0 Å². The number of primary sulfonamides is 1. The molecule has 0 atom stereocenters. The van der Waals surface area contributed by atoms with Crippen molar-refractivity contribution in [3.63, 3.8) is 0 Å². The Balaban J connectivity index is 3.37. The number of nitrogens with two attached hydrogens (primary N) is 1. The maximum atomic E-state index is 10.8. The number of hydrogen-bond donors (Lipinski definition) is 1. The monoisotopic (exact) mass is 236 g/mol. The average molecular weight is 237 g/mol. The molecule has 0 aliphatic heterocycles. The highest BCUT2D eigenvalue weighted by atomic mass is 79.9. The van der Waals surface area contributed by atoms with Gasteiger partial charge in [0.2, 0.25) is 10.0 Å². The Labute approximate surface area is 72.6 Å². The van der Waals surface area contributed by atoms with Crippen molar-refractivity contribution in [1.29, 1.82) is 0 Å². The van der Waals surface area contributed by atoms with Crippen molar-refractivity contribution in [2.24, 2.45) is 5.14 Å². The summed E-state index contributed by atoms with van der Waals surface area (Å²) in [6.45, 7) is 0. The summed E-state index contributed by atoms with van der Waals surface area (Å²) in [5.41, 5.74) is 0. The van der Waals surface area contributed by atoms with Crippen LogP contribution in [0.4, 0.5) is 0 Å². The molecule has 0 saturated heterocycles. The smallest absolute Gasteiger partial charge is 0.239 e. The maximum Gasteiger partial charge on any atom is 0.239 e. The summed E-state index contributed by atoms with van der Waals surface area (Å²) in [6, 6.07) is 1.33. The minimum absolute atomic E-state index is 0.0486. The second kappa shape index (κ2) is 2.88. The first-order valence-corrected chi connectivity index (χ1v) is 4.98. The summed E-state index contributed by atoms with van der Waals surface area (Å²) in [5, 5.41) is 4.87. The molecular formula is C5H5BrN2O2S. The van der Waals surface area contributed by atoms with E-state index < -0.39 is 10.0 Å². The molecule has 2 N–H and O–H groups in total. The third-order valence-corrected chi connectivity index (χ3v) is 2.91. The maximum absolute atomic E-state index is 10.8. The molecule has 0 unspecified atom stereocenters. The van der Waals surface area contributed by atoms with E-state index >= 15 is 0 Å². The van der Waals surface area contributed by atoms with Crippen LogP contribution in [0.2, 0.25) is 0 Å². The Morgan fingerprint density at radius 1 is 1.55 bits per heavy atom. The van der Waals surface area contributed by atoms with E-state index in [0.29, 0.717) is 4.47 Å². The number of rotatable bonds is 1. The molecule has 0 radical (unpaired) electrons. The fraction of sp³-hybridized carbons (Fsp3) is 0. The first-order chi connectivity index (χ1) is 5.02. The van der Waals surface area contributed by atoms with Crippen LogP contribution in [0, 0.1) is 0 Å². The average Bonchev–Trinajstić information content (AvgIpc) is 1.86. The topological polar surface area (TPSA) is 73.1 Å². The fourth-order valence-electron chi connectivity index (χ4n) is 0.593. The third-order valence-electron chi connectivity index (χ3n) is 1.04. The van der Waals surface area contributed by atoms with Crippen LogP contribution in [0.15, 0.2) is 27.8 Å². The number of nitrogens with zero attached hydrogens (tertiary/aromatic N) is 1. The van der Waals surface area contributed by atoms with Crippen molar-refractivity contribution in [1.82, 2.24) is 4.98 Å². The van der Waals surface area contributed by atoms with Gasteiger partial charge in [0, 0.05) is 12.4 Å². The molecule has 1 rings (SSSR count). The Hall–Kier alpha value is -0.460. The lowest BCUT2D eigenvalue weighted by molar-refractivity contribution is 0.597. The van der Waals surface area contributed by atoms with E-state index in [-0.39, 0.29) is 4.90 Å². The predicted molar refractivity (Wildman–Crippen MR) is 43.3 cm³/mol. The van der Waals surface area contributed by atoms with Gasteiger partial charge < -0.3 is 0 Å². The highest BCUT2D eigenvalue weighted by molar-refractivity contribution is 9.10. The SMILES string of the molecule is NS(=O)(=O)c1ccncc1Br. The molecule has 0 aliphatic carbocycles. The lowest BCUT2D eigenvalue weighted by atomic mass is 10.5. The van der Waals surface area contributed by atoms with Gasteiger partial charge in [-0.3, -0.25) is 4.98 Å². The molecular weight excluding hydrogens is 232 g/mol. The van der Waals surface area contributed by atoms with E-state index in [4.69, 9.17) is 5.14 Å². The molecule has 1 heterocycles. The molecule has 1 aromatic rings. The lowest BCUT2D eigenvalue weighted by Gasteiger charge is -1.98. The highest BCUT2D eigenvalue weighted by Gasteiger charge is 2.10. The molecule has 0 fully saturated rings. The van der Waals surface area contributed by atoms with Crippen LogP contribution in [-0.2, 0) is 10.0 Å². The number of sulfonamides is 1. The Kier molecular flexibility index (Phi) is 2.26. The van der Waals surface area contributed by atoms with Gasteiger partial charge >= 0.3 is 0 Å². The van der Waals surface area contributed by atoms with Gasteiger partial charge in [-0.1, -0.05) is 0 Å². The summed E-state index contributed by atoms with van der Waals surface area (Å²) in [5.74, 6) is 0. The fourth-order valence-corrected chi connectivity index (χ4v) is 2.10. The Morgan fingerprint density at radius 2 is 2.18 bits per heavy atom. The van der Waals surface area contributed by atoms with Crippen molar-refractivity contribution in [2.45, 2.75) is 4.90 Å². The molecule has 0 bridgehead atoms. The third kappa shape index (κ3) is 1.98. The Morgan fingerprint density at radius 3 is 2.55 bits per heavy atom. The van der Waals surface area contributed by atoms with E-state index in [9.17, 15) is 8.42 Å². The van der Waals surface area contributed by atoms with Crippen molar-refractivity contribution in [3.8, 4) is 0 Å². The van der Waals surface area contributed by atoms with E-state index in [1.165, 1.54) is 18.5 Å². The van der Waals surface area contributed by atoms with Crippen LogP contribution in [0.25, 0.3) is 0 Å². The van der Waals surface area contributed by atoms with Crippen LogP contribution >= 0.6 is 15.9 Å². The van der Waals surface area contributed by atoms with Gasteiger partial charge in [0.1, 0.15) is 0 Å². The quantitative estimate of drug-likeness (QED) is 0.772. The summed E-state index contributed by atoms with van der Waals surface area (Å²) < 4.78 is 21.9. The van der Waals surface area contributed by atoms with Gasteiger partial charge in [0.15, 0.2) is 0 Å². The molecule has 0 spiro atoms. The number of halogens is 1. The summed E-state index contributed by atoms with van der Waals surface area (Å²) in [7, 11) is -3.62. The molecule has 6 heteroatoms. The number of pyridine rings is 1. The highest BCUT2D eigenvalue weighted by Crippen LogP contribution is 2.17. The molecule has 11 heavy (non-hydrogen) atoms. The zero-order valence-corrected chi connectivity index (χ0v) is 7.76. The molecule has 0 saturated carbocycles. The van der Waals surface area contributed by atoms with E-state index in [1.54, 1.807) is 0 Å². The van der Waals surface area contributed by atoms with E-state index in [1.807, 2.05) is 0 Å². The lowest BCUT2D eigenvalue weighted by Crippen LogP contribution is -2.12. The molecule has 0 aliphatic rings. The second-order valence-corrected chi connectivity index (χ2v) is 4.24. The molecule has 4 nitrogen and oxygen atoms in total. The van der Waals surface area contributed by atoms with Crippen molar-refractivity contribution in [3.05, 3.63) is 22.9 Å². The van der Waals surface area contributed by atoms with Crippen molar-refractivity contribution < 1.29 is 8.42 Å². The molecule has 0 aromatic carbocycles. The molecule has 1 aromatic heterocycles.